The maximum atomic E-state index is 2.32. The highest BCUT2D eigenvalue weighted by atomic mass is 14.1. The second-order valence-corrected chi connectivity index (χ2v) is 5.55. The molecule has 0 saturated heterocycles. The van der Waals surface area contributed by atoms with Crippen LogP contribution in [0, 0.1) is 19.8 Å². The van der Waals surface area contributed by atoms with Crippen molar-refractivity contribution in [2.24, 2.45) is 5.92 Å². The normalized spacial score (nSPS) is 10.9. The lowest BCUT2D eigenvalue weighted by Gasteiger charge is -2.12. The van der Waals surface area contributed by atoms with E-state index in [1.165, 1.54) is 34.2 Å². The molecule has 2 rings (SSSR count). The molecular weight excluding hydrogens is 216 g/mol. The first kappa shape index (κ1) is 12.9. The number of aryl methyl sites for hydroxylation is 2. The standard InChI is InChI=1S/C18H22/c1-13(2)11-16-9-10-17(12-15(16)4)18-8-6-5-7-14(18)3/h5-10,12-13H,11H2,1-4H3. The molecule has 2 aromatic carbocycles. The molecule has 0 N–H and O–H groups in total. The summed E-state index contributed by atoms with van der Waals surface area (Å²) in [6.07, 6.45) is 1.17. The van der Waals surface area contributed by atoms with E-state index < -0.39 is 0 Å². The lowest BCUT2D eigenvalue weighted by molar-refractivity contribution is 0.645. The molecule has 0 heterocycles. The Labute approximate surface area is 111 Å². The van der Waals surface area contributed by atoms with Gasteiger partial charge in [-0.2, -0.15) is 0 Å². The Morgan fingerprint density at radius 3 is 2.22 bits per heavy atom. The fraction of sp³-hybridized carbons (Fsp3) is 0.333. The molecule has 0 radical (unpaired) electrons. The van der Waals surface area contributed by atoms with Crippen LogP contribution in [0.15, 0.2) is 42.5 Å². The zero-order valence-corrected chi connectivity index (χ0v) is 11.8. The summed E-state index contributed by atoms with van der Waals surface area (Å²) < 4.78 is 0. The Bertz CT molecular complexity index is 535. The number of hydrogen-bond donors (Lipinski definition) is 0. The van der Waals surface area contributed by atoms with Crippen LogP contribution in [0.3, 0.4) is 0 Å². The van der Waals surface area contributed by atoms with E-state index in [9.17, 15) is 0 Å². The summed E-state index contributed by atoms with van der Waals surface area (Å²) in [7, 11) is 0. The predicted octanol–water partition coefficient (Wildman–Crippen LogP) is 5.17. The van der Waals surface area contributed by atoms with Gasteiger partial charge in [0.05, 0.1) is 0 Å². The van der Waals surface area contributed by atoms with E-state index in [0.29, 0.717) is 5.92 Å². The van der Waals surface area contributed by atoms with Gasteiger partial charge in [0.1, 0.15) is 0 Å². The maximum absolute atomic E-state index is 2.32. The molecule has 0 spiro atoms. The first-order chi connectivity index (χ1) is 8.58. The van der Waals surface area contributed by atoms with Crippen molar-refractivity contribution in [1.82, 2.24) is 0 Å². The molecule has 0 unspecified atom stereocenters. The van der Waals surface area contributed by atoms with Crippen molar-refractivity contribution >= 4 is 0 Å². The topological polar surface area (TPSA) is 0 Å². The van der Waals surface area contributed by atoms with Gasteiger partial charge in [-0.3, -0.25) is 0 Å². The minimum atomic E-state index is 0.716. The summed E-state index contributed by atoms with van der Waals surface area (Å²) in [6, 6.07) is 15.4. The second-order valence-electron chi connectivity index (χ2n) is 5.55. The summed E-state index contributed by atoms with van der Waals surface area (Å²) in [5.41, 5.74) is 6.90. The number of hydrogen-bond acceptors (Lipinski definition) is 0. The van der Waals surface area contributed by atoms with E-state index in [1.54, 1.807) is 0 Å². The molecular formula is C18H22. The molecule has 0 aliphatic heterocycles. The predicted molar refractivity (Wildman–Crippen MR) is 79.9 cm³/mol. The van der Waals surface area contributed by atoms with Crippen LogP contribution in [0.25, 0.3) is 11.1 Å². The van der Waals surface area contributed by atoms with Crippen LogP contribution in [-0.4, -0.2) is 0 Å². The fourth-order valence-electron chi connectivity index (χ4n) is 2.43. The minimum absolute atomic E-state index is 0.716. The van der Waals surface area contributed by atoms with Gasteiger partial charge in [0.25, 0.3) is 0 Å². The molecule has 0 amide bonds. The monoisotopic (exact) mass is 238 g/mol. The summed E-state index contributed by atoms with van der Waals surface area (Å²) in [6.45, 7) is 8.94. The molecule has 0 fully saturated rings. The molecule has 94 valence electrons. The molecule has 2 aromatic rings. The Hall–Kier alpha value is -1.56. The highest BCUT2D eigenvalue weighted by Gasteiger charge is 2.05. The Morgan fingerprint density at radius 1 is 0.889 bits per heavy atom. The third-order valence-electron chi connectivity index (χ3n) is 3.43. The summed E-state index contributed by atoms with van der Waals surface area (Å²) in [5.74, 6) is 0.716. The van der Waals surface area contributed by atoms with Gasteiger partial charge in [-0.05, 0) is 54.0 Å². The largest absolute Gasteiger partial charge is 0.0625 e. The van der Waals surface area contributed by atoms with E-state index in [1.807, 2.05) is 0 Å². The van der Waals surface area contributed by atoms with Gasteiger partial charge in [0.15, 0.2) is 0 Å². The molecule has 0 aliphatic rings. The van der Waals surface area contributed by atoms with Gasteiger partial charge in [0.2, 0.25) is 0 Å². The van der Waals surface area contributed by atoms with Gasteiger partial charge >= 0.3 is 0 Å². The summed E-state index contributed by atoms with van der Waals surface area (Å²) >= 11 is 0. The van der Waals surface area contributed by atoms with Crippen LogP contribution in [0.4, 0.5) is 0 Å². The van der Waals surface area contributed by atoms with E-state index in [2.05, 4.69) is 70.2 Å². The van der Waals surface area contributed by atoms with Gasteiger partial charge < -0.3 is 0 Å². The smallest absolute Gasteiger partial charge is 0.0155 e. The SMILES string of the molecule is Cc1cc(-c2ccccc2C)ccc1CC(C)C. The van der Waals surface area contributed by atoms with E-state index in [-0.39, 0.29) is 0 Å². The van der Waals surface area contributed by atoms with Gasteiger partial charge in [-0.1, -0.05) is 56.3 Å². The van der Waals surface area contributed by atoms with E-state index in [0.717, 1.165) is 0 Å². The Balaban J connectivity index is 2.38. The molecule has 0 aromatic heterocycles. The fourth-order valence-corrected chi connectivity index (χ4v) is 2.43. The van der Waals surface area contributed by atoms with Crippen LogP contribution in [0.2, 0.25) is 0 Å². The quantitative estimate of drug-likeness (QED) is 0.692. The number of benzene rings is 2. The highest BCUT2D eigenvalue weighted by molar-refractivity contribution is 5.68. The molecule has 0 bridgehead atoms. The van der Waals surface area contributed by atoms with Crippen molar-refractivity contribution in [3.63, 3.8) is 0 Å². The van der Waals surface area contributed by atoms with Crippen molar-refractivity contribution < 1.29 is 0 Å². The average molecular weight is 238 g/mol. The first-order valence-electron chi connectivity index (χ1n) is 6.73. The molecule has 0 nitrogen and oxygen atoms in total. The van der Waals surface area contributed by atoms with Crippen LogP contribution in [0.1, 0.15) is 30.5 Å². The van der Waals surface area contributed by atoms with Crippen LogP contribution in [-0.2, 0) is 6.42 Å². The zero-order valence-electron chi connectivity index (χ0n) is 11.8. The van der Waals surface area contributed by atoms with Crippen molar-refractivity contribution in [3.05, 3.63) is 59.2 Å². The second kappa shape index (κ2) is 5.39. The number of rotatable bonds is 3. The van der Waals surface area contributed by atoms with Crippen LogP contribution < -0.4 is 0 Å². The zero-order chi connectivity index (χ0) is 13.1. The van der Waals surface area contributed by atoms with E-state index >= 15 is 0 Å². The highest BCUT2D eigenvalue weighted by Crippen LogP contribution is 2.26. The van der Waals surface area contributed by atoms with Crippen molar-refractivity contribution in [1.29, 1.82) is 0 Å². The Kier molecular flexibility index (Phi) is 3.86. The van der Waals surface area contributed by atoms with Gasteiger partial charge in [-0.15, -0.1) is 0 Å². The molecule has 0 heteroatoms. The lowest BCUT2D eigenvalue weighted by Crippen LogP contribution is -1.97. The molecule has 18 heavy (non-hydrogen) atoms. The maximum Gasteiger partial charge on any atom is -0.0155 e. The summed E-state index contributed by atoms with van der Waals surface area (Å²) in [4.78, 5) is 0. The van der Waals surface area contributed by atoms with Gasteiger partial charge in [-0.25, -0.2) is 0 Å². The molecule has 0 atom stereocenters. The van der Waals surface area contributed by atoms with Crippen molar-refractivity contribution in [2.45, 2.75) is 34.1 Å². The van der Waals surface area contributed by atoms with Crippen molar-refractivity contribution in [2.75, 3.05) is 0 Å². The van der Waals surface area contributed by atoms with Gasteiger partial charge in [0, 0.05) is 0 Å². The lowest BCUT2D eigenvalue weighted by atomic mass is 9.93. The molecule has 0 aliphatic carbocycles. The van der Waals surface area contributed by atoms with Crippen molar-refractivity contribution in [3.8, 4) is 11.1 Å². The summed E-state index contributed by atoms with van der Waals surface area (Å²) in [5, 5.41) is 0. The first-order valence-corrected chi connectivity index (χ1v) is 6.73. The van der Waals surface area contributed by atoms with E-state index in [4.69, 9.17) is 0 Å². The third-order valence-corrected chi connectivity index (χ3v) is 3.43. The van der Waals surface area contributed by atoms with Crippen LogP contribution in [0.5, 0.6) is 0 Å². The average Bonchev–Trinajstić information content (AvgIpc) is 2.32. The molecule has 0 saturated carbocycles. The minimum Gasteiger partial charge on any atom is -0.0625 e. The third kappa shape index (κ3) is 2.81. The van der Waals surface area contributed by atoms with Crippen LogP contribution >= 0.6 is 0 Å². The Morgan fingerprint density at radius 2 is 1.61 bits per heavy atom.